The second-order valence-corrected chi connectivity index (χ2v) is 8.28. The Morgan fingerprint density at radius 3 is 2.92 bits per heavy atom. The zero-order chi connectivity index (χ0) is 17.2. The van der Waals surface area contributed by atoms with Gasteiger partial charge in [0.2, 0.25) is 0 Å². The number of nitrogens with zero attached hydrogens (tertiary/aromatic N) is 1. The smallest absolute Gasteiger partial charge is 0.101 e. The molecule has 7 atom stereocenters. The molecule has 1 saturated carbocycles. The van der Waals surface area contributed by atoms with Crippen LogP contribution in [-0.4, -0.2) is 75.0 Å². The molecule has 7 heteroatoms. The van der Waals surface area contributed by atoms with E-state index in [0.29, 0.717) is 43.2 Å². The van der Waals surface area contributed by atoms with Crippen molar-refractivity contribution in [1.29, 1.82) is 0 Å². The van der Waals surface area contributed by atoms with Crippen LogP contribution in [0.4, 0.5) is 4.39 Å². The monoisotopic (exact) mass is 355 g/mol. The summed E-state index contributed by atoms with van der Waals surface area (Å²) in [4.78, 5) is 2.40. The summed E-state index contributed by atoms with van der Waals surface area (Å²) in [7, 11) is 2.18. The number of rotatable bonds is 0. The number of hydrogen-bond acceptors (Lipinski definition) is 6. The third-order valence-electron chi connectivity index (χ3n) is 6.54. The summed E-state index contributed by atoms with van der Waals surface area (Å²) >= 11 is 0. The molecule has 0 aromatic carbocycles. The average Bonchev–Trinajstić information content (AvgIpc) is 2.63. The van der Waals surface area contributed by atoms with E-state index >= 15 is 0 Å². The van der Waals surface area contributed by atoms with E-state index in [1.165, 1.54) is 6.42 Å². The SMILES string of the molecule is CN1CC2CC(F)CCC2OCCCNC2NCNC3CCC1NC32. The highest BCUT2D eigenvalue weighted by Crippen LogP contribution is 2.31. The molecule has 25 heavy (non-hydrogen) atoms. The molecule has 0 aromatic rings. The molecular weight excluding hydrogens is 321 g/mol. The van der Waals surface area contributed by atoms with Crippen LogP contribution in [0, 0.1) is 5.92 Å². The largest absolute Gasteiger partial charge is 0.378 e. The van der Waals surface area contributed by atoms with Gasteiger partial charge < -0.3 is 10.1 Å². The minimum absolute atomic E-state index is 0.216. The molecular formula is C18H34FN5O. The van der Waals surface area contributed by atoms with Crippen LogP contribution in [0.25, 0.3) is 0 Å². The Morgan fingerprint density at radius 1 is 1.08 bits per heavy atom. The molecule has 0 spiro atoms. The molecule has 4 N–H and O–H groups in total. The van der Waals surface area contributed by atoms with Crippen LogP contribution < -0.4 is 21.3 Å². The lowest BCUT2D eigenvalue weighted by Gasteiger charge is -2.48. The van der Waals surface area contributed by atoms with Gasteiger partial charge in [-0.25, -0.2) is 4.39 Å². The number of piperidine rings is 1. The van der Waals surface area contributed by atoms with Gasteiger partial charge in [-0.2, -0.15) is 0 Å². The van der Waals surface area contributed by atoms with Crippen molar-refractivity contribution in [3.05, 3.63) is 0 Å². The molecule has 4 rings (SSSR count). The first kappa shape index (κ1) is 18.1. The Labute approximate surface area is 150 Å². The molecule has 0 amide bonds. The summed E-state index contributed by atoms with van der Waals surface area (Å²) in [5.41, 5.74) is 0. The van der Waals surface area contributed by atoms with Crippen LogP contribution in [0.2, 0.25) is 0 Å². The van der Waals surface area contributed by atoms with Crippen LogP contribution >= 0.6 is 0 Å². The van der Waals surface area contributed by atoms with Gasteiger partial charge in [0, 0.05) is 31.8 Å². The standard InChI is InChI=1S/C18H34FN5O/c1-24-10-12-9-13(19)3-5-15(12)25-8-2-7-20-18-17-14(21-11-22-18)4-6-16(24)23-17/h12-18,20-23H,2-11H2,1H3. The fourth-order valence-corrected chi connectivity index (χ4v) is 5.12. The number of hydrogen-bond donors (Lipinski definition) is 4. The van der Waals surface area contributed by atoms with E-state index in [1.807, 2.05) is 0 Å². The number of ether oxygens (including phenoxy) is 1. The van der Waals surface area contributed by atoms with Crippen LogP contribution in [0.15, 0.2) is 0 Å². The first-order valence-corrected chi connectivity index (χ1v) is 10.1. The quantitative estimate of drug-likeness (QED) is 0.503. The molecule has 7 unspecified atom stereocenters. The van der Waals surface area contributed by atoms with Crippen molar-refractivity contribution in [3.63, 3.8) is 0 Å². The Kier molecular flexibility index (Phi) is 5.89. The predicted molar refractivity (Wildman–Crippen MR) is 95.9 cm³/mol. The summed E-state index contributed by atoms with van der Waals surface area (Å²) in [6.07, 6.45) is 5.70. The first-order chi connectivity index (χ1) is 12.2. The molecule has 6 nitrogen and oxygen atoms in total. The van der Waals surface area contributed by atoms with Gasteiger partial charge in [0.05, 0.1) is 24.5 Å². The van der Waals surface area contributed by atoms with Gasteiger partial charge in [0.1, 0.15) is 6.17 Å². The van der Waals surface area contributed by atoms with Crippen LogP contribution in [0.3, 0.4) is 0 Å². The predicted octanol–water partition coefficient (Wildman–Crippen LogP) is 0.358. The van der Waals surface area contributed by atoms with E-state index in [0.717, 1.165) is 45.6 Å². The summed E-state index contributed by atoms with van der Waals surface area (Å²) in [6.45, 7) is 3.50. The molecule has 3 aliphatic heterocycles. The Morgan fingerprint density at radius 2 is 2.00 bits per heavy atom. The zero-order valence-electron chi connectivity index (χ0n) is 15.3. The zero-order valence-corrected chi connectivity index (χ0v) is 15.3. The summed E-state index contributed by atoms with van der Waals surface area (Å²) < 4.78 is 20.2. The molecule has 0 aromatic heterocycles. The summed E-state index contributed by atoms with van der Waals surface area (Å²) in [5.74, 6) is 0.306. The maximum Gasteiger partial charge on any atom is 0.101 e. The fraction of sp³-hybridized carbons (Fsp3) is 1.00. The van der Waals surface area contributed by atoms with E-state index in [1.54, 1.807) is 0 Å². The highest BCUT2D eigenvalue weighted by molar-refractivity contribution is 4.99. The second-order valence-electron chi connectivity index (χ2n) is 8.28. The molecule has 3 heterocycles. The van der Waals surface area contributed by atoms with Gasteiger partial charge in [0.25, 0.3) is 0 Å². The van der Waals surface area contributed by atoms with Gasteiger partial charge in [-0.3, -0.25) is 20.9 Å². The summed E-state index contributed by atoms with van der Waals surface area (Å²) in [5, 5.41) is 14.7. The van der Waals surface area contributed by atoms with Crippen molar-refractivity contribution in [2.75, 3.05) is 33.4 Å². The second kappa shape index (κ2) is 8.15. The molecule has 0 radical (unpaired) electrons. The van der Waals surface area contributed by atoms with Crippen molar-refractivity contribution in [2.24, 2.45) is 5.92 Å². The van der Waals surface area contributed by atoms with Crippen molar-refractivity contribution in [3.8, 4) is 0 Å². The molecule has 4 fully saturated rings. The third-order valence-corrected chi connectivity index (χ3v) is 6.54. The van der Waals surface area contributed by atoms with Crippen molar-refractivity contribution < 1.29 is 9.13 Å². The van der Waals surface area contributed by atoms with Gasteiger partial charge in [-0.05, 0) is 52.1 Å². The maximum absolute atomic E-state index is 14.0. The lowest BCUT2D eigenvalue weighted by Crippen LogP contribution is -2.74. The number of halogens is 1. The van der Waals surface area contributed by atoms with Crippen LogP contribution in [0.5, 0.6) is 0 Å². The first-order valence-electron chi connectivity index (χ1n) is 10.1. The Hall–Kier alpha value is -0.310. The lowest BCUT2D eigenvalue weighted by atomic mass is 9.84. The van der Waals surface area contributed by atoms with E-state index in [4.69, 9.17) is 4.74 Å². The fourth-order valence-electron chi connectivity index (χ4n) is 5.12. The van der Waals surface area contributed by atoms with Gasteiger partial charge in [-0.15, -0.1) is 0 Å². The molecule has 2 bridgehead atoms. The minimum atomic E-state index is -0.657. The molecule has 144 valence electrons. The van der Waals surface area contributed by atoms with Gasteiger partial charge in [-0.1, -0.05) is 0 Å². The third kappa shape index (κ3) is 4.17. The molecule has 3 saturated heterocycles. The normalized spacial score (nSPS) is 47.0. The number of nitrogens with one attached hydrogen (secondary N) is 4. The highest BCUT2D eigenvalue weighted by Gasteiger charge is 2.40. The van der Waals surface area contributed by atoms with Gasteiger partial charge >= 0.3 is 0 Å². The Bertz CT molecular complexity index is 442. The number of alkyl halides is 1. The van der Waals surface area contributed by atoms with E-state index < -0.39 is 6.17 Å². The van der Waals surface area contributed by atoms with Gasteiger partial charge in [0.15, 0.2) is 0 Å². The van der Waals surface area contributed by atoms with Crippen molar-refractivity contribution in [2.45, 2.75) is 75.2 Å². The molecule has 4 aliphatic rings. The highest BCUT2D eigenvalue weighted by atomic mass is 19.1. The lowest BCUT2D eigenvalue weighted by molar-refractivity contribution is -0.0423. The van der Waals surface area contributed by atoms with Crippen LogP contribution in [-0.2, 0) is 4.74 Å². The molecule has 1 aliphatic carbocycles. The maximum atomic E-state index is 14.0. The van der Waals surface area contributed by atoms with Crippen LogP contribution in [0.1, 0.15) is 38.5 Å². The minimum Gasteiger partial charge on any atom is -0.378 e. The summed E-state index contributed by atoms with van der Waals surface area (Å²) in [6, 6.07) is 0.898. The van der Waals surface area contributed by atoms with E-state index in [9.17, 15) is 4.39 Å². The Balaban J connectivity index is 1.48. The van der Waals surface area contributed by atoms with E-state index in [-0.39, 0.29) is 6.10 Å². The van der Waals surface area contributed by atoms with Crippen molar-refractivity contribution >= 4 is 0 Å². The topological polar surface area (TPSA) is 60.6 Å². The number of fused-ring (bicyclic) bond motifs is 2. The average molecular weight is 356 g/mol. The van der Waals surface area contributed by atoms with E-state index in [2.05, 4.69) is 33.2 Å². The van der Waals surface area contributed by atoms with Crippen molar-refractivity contribution in [1.82, 2.24) is 26.2 Å².